The topological polar surface area (TPSA) is 51.2 Å². The average molecular weight is 326 g/mol. The summed E-state index contributed by atoms with van der Waals surface area (Å²) >= 11 is 1.72. The molecule has 1 N–H and O–H groups in total. The standard InChI is InChI=1S/C18H18N2O2S/c1-22-14-10-8-13(9-11-14)18(21)19-12-4-7-17-20-15-5-2-3-6-16(15)23-17/h2-3,5-6,8-11H,4,7,12H2,1H3,(H,19,21). The largest absolute Gasteiger partial charge is 0.497 e. The van der Waals surface area contributed by atoms with Gasteiger partial charge in [-0.3, -0.25) is 4.79 Å². The Balaban J connectivity index is 1.47. The maximum Gasteiger partial charge on any atom is 0.251 e. The van der Waals surface area contributed by atoms with E-state index in [9.17, 15) is 4.79 Å². The van der Waals surface area contributed by atoms with Gasteiger partial charge in [0.2, 0.25) is 0 Å². The van der Waals surface area contributed by atoms with E-state index in [0.717, 1.165) is 29.1 Å². The van der Waals surface area contributed by atoms with Gasteiger partial charge in [-0.2, -0.15) is 0 Å². The molecule has 1 heterocycles. The van der Waals surface area contributed by atoms with Crippen molar-refractivity contribution in [2.45, 2.75) is 12.8 Å². The molecule has 23 heavy (non-hydrogen) atoms. The van der Waals surface area contributed by atoms with Crippen LogP contribution in [0.5, 0.6) is 5.75 Å². The number of nitrogens with zero attached hydrogens (tertiary/aromatic N) is 1. The summed E-state index contributed by atoms with van der Waals surface area (Å²) in [5.41, 5.74) is 1.69. The smallest absolute Gasteiger partial charge is 0.251 e. The predicted molar refractivity (Wildman–Crippen MR) is 93.3 cm³/mol. The number of carbonyl (C=O) groups excluding carboxylic acids is 1. The molecule has 0 aliphatic carbocycles. The monoisotopic (exact) mass is 326 g/mol. The third-order valence-electron chi connectivity index (χ3n) is 3.54. The highest BCUT2D eigenvalue weighted by molar-refractivity contribution is 7.18. The molecule has 0 spiro atoms. The number of fused-ring (bicyclic) bond motifs is 1. The molecular formula is C18H18N2O2S. The average Bonchev–Trinajstić information content (AvgIpc) is 3.01. The Hall–Kier alpha value is -2.40. The van der Waals surface area contributed by atoms with Crippen LogP contribution in [-0.2, 0) is 6.42 Å². The Morgan fingerprint density at radius 2 is 1.96 bits per heavy atom. The van der Waals surface area contributed by atoms with Gasteiger partial charge in [0.25, 0.3) is 5.91 Å². The van der Waals surface area contributed by atoms with Crippen molar-refractivity contribution in [3.8, 4) is 5.75 Å². The van der Waals surface area contributed by atoms with E-state index in [2.05, 4.69) is 16.4 Å². The van der Waals surface area contributed by atoms with Crippen molar-refractivity contribution in [1.82, 2.24) is 10.3 Å². The molecule has 3 aromatic rings. The second-order valence-electron chi connectivity index (χ2n) is 5.16. The molecule has 118 valence electrons. The van der Waals surface area contributed by atoms with Crippen LogP contribution in [0.1, 0.15) is 21.8 Å². The number of benzene rings is 2. The van der Waals surface area contributed by atoms with Gasteiger partial charge in [-0.05, 0) is 42.8 Å². The number of hydrogen-bond acceptors (Lipinski definition) is 4. The van der Waals surface area contributed by atoms with Crippen LogP contribution in [0.15, 0.2) is 48.5 Å². The fraction of sp³-hybridized carbons (Fsp3) is 0.222. The second kappa shape index (κ2) is 7.24. The normalized spacial score (nSPS) is 10.7. The summed E-state index contributed by atoms with van der Waals surface area (Å²) in [6.45, 7) is 0.640. The molecule has 0 bridgehead atoms. The number of para-hydroxylation sites is 1. The van der Waals surface area contributed by atoms with Gasteiger partial charge in [0.05, 0.1) is 22.3 Å². The molecule has 0 aliphatic rings. The number of aryl methyl sites for hydroxylation is 1. The van der Waals surface area contributed by atoms with Crippen LogP contribution in [0.4, 0.5) is 0 Å². The predicted octanol–water partition coefficient (Wildman–Crippen LogP) is 3.67. The number of rotatable bonds is 6. The molecule has 1 aromatic heterocycles. The van der Waals surface area contributed by atoms with Crippen LogP contribution in [0, 0.1) is 0 Å². The minimum atomic E-state index is -0.0584. The number of thiazole rings is 1. The fourth-order valence-corrected chi connectivity index (χ4v) is 3.32. The third-order valence-corrected chi connectivity index (χ3v) is 4.64. The summed E-state index contributed by atoms with van der Waals surface area (Å²) < 4.78 is 6.30. The third kappa shape index (κ3) is 3.87. The lowest BCUT2D eigenvalue weighted by Gasteiger charge is -2.05. The van der Waals surface area contributed by atoms with Gasteiger partial charge < -0.3 is 10.1 Å². The van der Waals surface area contributed by atoms with Crippen molar-refractivity contribution < 1.29 is 9.53 Å². The SMILES string of the molecule is COc1ccc(C(=O)NCCCc2nc3ccccc3s2)cc1. The van der Waals surface area contributed by atoms with Gasteiger partial charge >= 0.3 is 0 Å². The number of methoxy groups -OCH3 is 1. The summed E-state index contributed by atoms with van der Waals surface area (Å²) in [6.07, 6.45) is 1.75. The molecule has 0 saturated heterocycles. The lowest BCUT2D eigenvalue weighted by atomic mass is 10.2. The van der Waals surface area contributed by atoms with Gasteiger partial charge in [-0.1, -0.05) is 12.1 Å². The lowest BCUT2D eigenvalue weighted by molar-refractivity contribution is 0.0953. The molecule has 0 atom stereocenters. The van der Waals surface area contributed by atoms with Crippen molar-refractivity contribution >= 4 is 27.5 Å². The van der Waals surface area contributed by atoms with E-state index in [1.165, 1.54) is 4.70 Å². The van der Waals surface area contributed by atoms with Crippen molar-refractivity contribution in [2.24, 2.45) is 0 Å². The molecule has 0 unspecified atom stereocenters. The van der Waals surface area contributed by atoms with E-state index in [0.29, 0.717) is 12.1 Å². The summed E-state index contributed by atoms with van der Waals surface area (Å²) in [4.78, 5) is 16.6. The molecule has 4 nitrogen and oxygen atoms in total. The van der Waals surface area contributed by atoms with Crippen molar-refractivity contribution in [3.63, 3.8) is 0 Å². The van der Waals surface area contributed by atoms with E-state index in [1.54, 1.807) is 42.7 Å². The molecule has 0 fully saturated rings. The van der Waals surface area contributed by atoms with E-state index in [1.807, 2.05) is 18.2 Å². The number of carbonyl (C=O) groups is 1. The number of aromatic nitrogens is 1. The second-order valence-corrected chi connectivity index (χ2v) is 6.28. The van der Waals surface area contributed by atoms with E-state index < -0.39 is 0 Å². The maximum atomic E-state index is 12.0. The molecule has 5 heteroatoms. The lowest BCUT2D eigenvalue weighted by Crippen LogP contribution is -2.24. The van der Waals surface area contributed by atoms with E-state index in [-0.39, 0.29) is 5.91 Å². The van der Waals surface area contributed by atoms with Crippen LogP contribution in [0.25, 0.3) is 10.2 Å². The summed E-state index contributed by atoms with van der Waals surface area (Å²) in [7, 11) is 1.61. The van der Waals surface area contributed by atoms with Crippen LogP contribution in [-0.4, -0.2) is 24.5 Å². The van der Waals surface area contributed by atoms with E-state index in [4.69, 9.17) is 4.74 Å². The molecule has 0 saturated carbocycles. The van der Waals surface area contributed by atoms with Crippen LogP contribution in [0.3, 0.4) is 0 Å². The number of amides is 1. The van der Waals surface area contributed by atoms with Gasteiger partial charge in [0.1, 0.15) is 5.75 Å². The molecule has 1 amide bonds. The Kier molecular flexibility index (Phi) is 4.88. The summed E-state index contributed by atoms with van der Waals surface area (Å²) in [6, 6.07) is 15.2. The van der Waals surface area contributed by atoms with Crippen LogP contribution < -0.4 is 10.1 Å². The zero-order valence-corrected chi connectivity index (χ0v) is 13.7. The number of hydrogen-bond donors (Lipinski definition) is 1. The highest BCUT2D eigenvalue weighted by Gasteiger charge is 2.06. The van der Waals surface area contributed by atoms with Crippen LogP contribution >= 0.6 is 11.3 Å². The summed E-state index contributed by atoms with van der Waals surface area (Å²) in [5.74, 6) is 0.689. The number of ether oxygens (including phenoxy) is 1. The van der Waals surface area contributed by atoms with Crippen molar-refractivity contribution in [3.05, 3.63) is 59.1 Å². The first-order valence-corrected chi connectivity index (χ1v) is 8.34. The zero-order valence-electron chi connectivity index (χ0n) is 12.9. The minimum absolute atomic E-state index is 0.0584. The van der Waals surface area contributed by atoms with Gasteiger partial charge in [-0.15, -0.1) is 11.3 Å². The Bertz CT molecular complexity index is 763. The van der Waals surface area contributed by atoms with Gasteiger partial charge in [-0.25, -0.2) is 4.98 Å². The quantitative estimate of drug-likeness (QED) is 0.703. The minimum Gasteiger partial charge on any atom is -0.497 e. The van der Waals surface area contributed by atoms with E-state index >= 15 is 0 Å². The van der Waals surface area contributed by atoms with Crippen LogP contribution in [0.2, 0.25) is 0 Å². The number of nitrogens with one attached hydrogen (secondary N) is 1. The van der Waals surface area contributed by atoms with Gasteiger partial charge in [0, 0.05) is 18.5 Å². The van der Waals surface area contributed by atoms with Gasteiger partial charge in [0.15, 0.2) is 0 Å². The molecular weight excluding hydrogens is 308 g/mol. The first kappa shape index (κ1) is 15.5. The molecule has 2 aromatic carbocycles. The Morgan fingerprint density at radius 3 is 2.70 bits per heavy atom. The maximum absolute atomic E-state index is 12.0. The zero-order chi connectivity index (χ0) is 16.1. The van der Waals surface area contributed by atoms with Crippen molar-refractivity contribution in [1.29, 1.82) is 0 Å². The first-order chi connectivity index (χ1) is 11.3. The molecule has 0 aliphatic heterocycles. The Labute approximate surface area is 139 Å². The summed E-state index contributed by atoms with van der Waals surface area (Å²) in [5, 5.41) is 4.05. The Morgan fingerprint density at radius 1 is 1.17 bits per heavy atom. The molecule has 3 rings (SSSR count). The highest BCUT2D eigenvalue weighted by atomic mass is 32.1. The highest BCUT2D eigenvalue weighted by Crippen LogP contribution is 2.22. The first-order valence-electron chi connectivity index (χ1n) is 7.53. The fourth-order valence-electron chi connectivity index (χ4n) is 2.31. The molecule has 0 radical (unpaired) electrons. The van der Waals surface area contributed by atoms with Crippen molar-refractivity contribution in [2.75, 3.05) is 13.7 Å².